The molecule has 1 unspecified atom stereocenters. The number of allylic oxidation sites excluding steroid dienone is 1. The van der Waals surface area contributed by atoms with Crippen LogP contribution in [0.4, 0.5) is 4.39 Å². The molecule has 0 amide bonds. The van der Waals surface area contributed by atoms with Gasteiger partial charge in [0.2, 0.25) is 0 Å². The summed E-state index contributed by atoms with van der Waals surface area (Å²) in [5, 5.41) is 3.55. The number of aliphatic imine (C=N–C) groups is 1. The number of hydrogen-bond donors (Lipinski definition) is 1. The van der Waals surface area contributed by atoms with Gasteiger partial charge in [-0.25, -0.2) is 4.39 Å². The monoisotopic (exact) mass is 355 g/mol. The van der Waals surface area contributed by atoms with Crippen LogP contribution in [0.3, 0.4) is 0 Å². The highest BCUT2D eigenvalue weighted by Crippen LogP contribution is 2.39. The van der Waals surface area contributed by atoms with Gasteiger partial charge in [0, 0.05) is 46.2 Å². The fourth-order valence-corrected chi connectivity index (χ4v) is 3.55. The molecule has 0 spiro atoms. The van der Waals surface area contributed by atoms with E-state index in [2.05, 4.69) is 10.3 Å². The van der Waals surface area contributed by atoms with Crippen LogP contribution in [0.25, 0.3) is 0 Å². The second-order valence-corrected chi connectivity index (χ2v) is 6.49. The smallest absolute Gasteiger partial charge is 0.163 e. The quantitative estimate of drug-likeness (QED) is 0.886. The number of halogens is 2. The molecule has 1 aliphatic carbocycles. The molecular weight excluding hydrogens is 341 g/mol. The maximum Gasteiger partial charge on any atom is 0.163 e. The predicted molar refractivity (Wildman–Crippen MR) is 93.9 cm³/mol. The molecular formula is C19H15ClFN3O. The van der Waals surface area contributed by atoms with Gasteiger partial charge in [0.15, 0.2) is 5.78 Å². The fourth-order valence-electron chi connectivity index (χ4n) is 3.28. The van der Waals surface area contributed by atoms with Gasteiger partial charge in [-0.05, 0) is 37.1 Å². The number of rotatable bonds is 2. The number of benzene rings is 1. The van der Waals surface area contributed by atoms with Crippen molar-refractivity contribution in [3.63, 3.8) is 0 Å². The average Bonchev–Trinajstić information content (AvgIpc) is 2.62. The Balaban J connectivity index is 1.86. The molecule has 1 aromatic heterocycles. The summed E-state index contributed by atoms with van der Waals surface area (Å²) < 4.78 is 13.4. The van der Waals surface area contributed by atoms with E-state index in [1.165, 1.54) is 12.1 Å². The molecule has 0 bridgehead atoms. The first kappa shape index (κ1) is 16.0. The molecule has 0 radical (unpaired) electrons. The van der Waals surface area contributed by atoms with Gasteiger partial charge < -0.3 is 5.32 Å². The molecule has 4 nitrogen and oxygen atoms in total. The van der Waals surface area contributed by atoms with E-state index in [0.717, 1.165) is 24.1 Å². The lowest BCUT2D eigenvalue weighted by atomic mass is 9.85. The van der Waals surface area contributed by atoms with Crippen LogP contribution in [0.1, 0.15) is 36.4 Å². The lowest BCUT2D eigenvalue weighted by molar-refractivity contribution is -0.116. The Labute approximate surface area is 149 Å². The number of nitrogens with zero attached hydrogens (tertiary/aromatic N) is 2. The third kappa shape index (κ3) is 2.96. The lowest BCUT2D eigenvalue weighted by Crippen LogP contribution is -2.35. The first-order valence-corrected chi connectivity index (χ1v) is 8.47. The zero-order valence-corrected chi connectivity index (χ0v) is 14.1. The average molecular weight is 356 g/mol. The minimum Gasteiger partial charge on any atom is -0.343 e. The van der Waals surface area contributed by atoms with Gasteiger partial charge in [0.1, 0.15) is 17.7 Å². The summed E-state index contributed by atoms with van der Waals surface area (Å²) >= 11 is 6.26. The summed E-state index contributed by atoms with van der Waals surface area (Å²) in [6.07, 6.45) is 5.47. The predicted octanol–water partition coefficient (Wildman–Crippen LogP) is 3.97. The van der Waals surface area contributed by atoms with Crippen molar-refractivity contribution in [2.45, 2.75) is 25.3 Å². The number of carbonyl (C=O) groups excluding carboxylic acids is 1. The number of amidine groups is 1. The van der Waals surface area contributed by atoms with Crippen molar-refractivity contribution in [2.24, 2.45) is 4.99 Å². The Kier molecular flexibility index (Phi) is 4.09. The van der Waals surface area contributed by atoms with E-state index in [1.54, 1.807) is 18.5 Å². The minimum absolute atomic E-state index is 0.0631. The second kappa shape index (κ2) is 6.41. The van der Waals surface area contributed by atoms with Gasteiger partial charge in [-0.1, -0.05) is 17.7 Å². The Morgan fingerprint density at radius 1 is 1.24 bits per heavy atom. The third-order valence-electron chi connectivity index (χ3n) is 4.45. The van der Waals surface area contributed by atoms with E-state index >= 15 is 0 Å². The van der Waals surface area contributed by atoms with Crippen LogP contribution >= 0.6 is 11.6 Å². The molecule has 126 valence electrons. The largest absolute Gasteiger partial charge is 0.343 e. The van der Waals surface area contributed by atoms with Crippen LogP contribution in [0.15, 0.2) is 59.0 Å². The van der Waals surface area contributed by atoms with Crippen LogP contribution in [0.5, 0.6) is 0 Å². The molecule has 4 rings (SSSR count). The van der Waals surface area contributed by atoms with Gasteiger partial charge in [-0.15, -0.1) is 0 Å². The Morgan fingerprint density at radius 2 is 2.12 bits per heavy atom. The summed E-state index contributed by atoms with van der Waals surface area (Å²) in [6.45, 7) is 0. The molecule has 2 heterocycles. The SMILES string of the molecule is O=C1CCCC2=C1C(c1ccc(F)cc1Cl)N=C(c1cccnc1)N2. The summed E-state index contributed by atoms with van der Waals surface area (Å²) in [4.78, 5) is 21.4. The summed E-state index contributed by atoms with van der Waals surface area (Å²) in [6, 6.07) is 7.40. The van der Waals surface area contributed by atoms with E-state index in [4.69, 9.17) is 16.6 Å². The Morgan fingerprint density at radius 3 is 2.88 bits per heavy atom. The van der Waals surface area contributed by atoms with Crippen LogP contribution < -0.4 is 5.32 Å². The highest BCUT2D eigenvalue weighted by molar-refractivity contribution is 6.31. The topological polar surface area (TPSA) is 54.4 Å². The second-order valence-electron chi connectivity index (χ2n) is 6.08. The highest BCUT2D eigenvalue weighted by atomic mass is 35.5. The van der Waals surface area contributed by atoms with Crippen molar-refractivity contribution in [3.8, 4) is 0 Å². The molecule has 25 heavy (non-hydrogen) atoms. The van der Waals surface area contributed by atoms with E-state index < -0.39 is 11.9 Å². The van der Waals surface area contributed by atoms with E-state index in [0.29, 0.717) is 23.4 Å². The van der Waals surface area contributed by atoms with Crippen molar-refractivity contribution in [1.82, 2.24) is 10.3 Å². The number of carbonyl (C=O) groups is 1. The van der Waals surface area contributed by atoms with Crippen molar-refractivity contribution < 1.29 is 9.18 Å². The van der Waals surface area contributed by atoms with Crippen molar-refractivity contribution in [3.05, 3.63) is 76.0 Å². The van der Waals surface area contributed by atoms with Crippen LogP contribution in [0.2, 0.25) is 5.02 Å². The molecule has 0 saturated heterocycles. The number of ketones is 1. The van der Waals surface area contributed by atoms with E-state index in [1.807, 2.05) is 12.1 Å². The minimum atomic E-state index is -0.535. The molecule has 1 aliphatic heterocycles. The number of aromatic nitrogens is 1. The van der Waals surface area contributed by atoms with E-state index in [-0.39, 0.29) is 10.8 Å². The molecule has 1 atom stereocenters. The number of Topliss-reactive ketones (excluding diaryl/α,β-unsaturated/α-hetero) is 1. The van der Waals surface area contributed by atoms with Crippen molar-refractivity contribution >= 4 is 23.2 Å². The number of nitrogens with one attached hydrogen (secondary N) is 1. The summed E-state index contributed by atoms with van der Waals surface area (Å²) in [5.41, 5.74) is 2.96. The van der Waals surface area contributed by atoms with Crippen molar-refractivity contribution in [2.75, 3.05) is 0 Å². The van der Waals surface area contributed by atoms with Crippen LogP contribution in [-0.2, 0) is 4.79 Å². The normalized spacial score (nSPS) is 20.0. The molecule has 1 aromatic carbocycles. The summed E-state index contributed by atoms with van der Waals surface area (Å²) in [5.74, 6) is 0.295. The molecule has 1 N–H and O–H groups in total. The number of hydrogen-bond acceptors (Lipinski definition) is 4. The Bertz CT molecular complexity index is 908. The van der Waals surface area contributed by atoms with Gasteiger partial charge in [0.05, 0.1) is 0 Å². The molecule has 6 heteroatoms. The van der Waals surface area contributed by atoms with E-state index in [9.17, 15) is 9.18 Å². The number of pyridine rings is 1. The maximum absolute atomic E-state index is 13.4. The van der Waals surface area contributed by atoms with Gasteiger partial charge in [-0.2, -0.15) is 0 Å². The molecule has 0 fully saturated rings. The molecule has 2 aliphatic rings. The lowest BCUT2D eigenvalue weighted by Gasteiger charge is -2.31. The van der Waals surface area contributed by atoms with Gasteiger partial charge in [0.25, 0.3) is 0 Å². The van der Waals surface area contributed by atoms with Crippen LogP contribution in [-0.4, -0.2) is 16.6 Å². The summed E-state index contributed by atoms with van der Waals surface area (Å²) in [7, 11) is 0. The molecule has 2 aromatic rings. The highest BCUT2D eigenvalue weighted by Gasteiger charge is 2.33. The molecule has 0 saturated carbocycles. The first-order valence-electron chi connectivity index (χ1n) is 8.10. The zero-order valence-electron chi connectivity index (χ0n) is 13.3. The van der Waals surface area contributed by atoms with Gasteiger partial charge >= 0.3 is 0 Å². The first-order chi connectivity index (χ1) is 12.1. The van der Waals surface area contributed by atoms with Gasteiger partial charge in [-0.3, -0.25) is 14.8 Å². The van der Waals surface area contributed by atoms with Crippen molar-refractivity contribution in [1.29, 1.82) is 0 Å². The Hall–Kier alpha value is -2.53. The van der Waals surface area contributed by atoms with Crippen LogP contribution in [0, 0.1) is 5.82 Å². The maximum atomic E-state index is 13.4. The zero-order chi connectivity index (χ0) is 17.4. The fraction of sp³-hybridized carbons (Fsp3) is 0.211. The third-order valence-corrected chi connectivity index (χ3v) is 4.78. The standard InChI is InChI=1S/C19H15ClFN3O/c20-14-9-12(21)6-7-13(14)18-17-15(4-1-5-16(17)25)23-19(24-18)11-3-2-8-22-10-11/h2-3,6-10,18H,1,4-5H2,(H,23,24).